The molecule has 1 aromatic rings. The highest BCUT2D eigenvalue weighted by Gasteiger charge is 2.29. The zero-order valence-corrected chi connectivity index (χ0v) is 13.0. The Morgan fingerprint density at radius 1 is 1.35 bits per heavy atom. The molecule has 1 aliphatic heterocycles. The highest BCUT2D eigenvalue weighted by Crippen LogP contribution is 2.33. The molecule has 3 heteroatoms. The first-order chi connectivity index (χ1) is 9.58. The van der Waals surface area contributed by atoms with Gasteiger partial charge in [0, 0.05) is 25.3 Å². The third-order valence-electron chi connectivity index (χ3n) is 4.27. The lowest BCUT2D eigenvalue weighted by Gasteiger charge is -2.35. The maximum absolute atomic E-state index is 13.5. The van der Waals surface area contributed by atoms with Crippen LogP contribution in [-0.2, 0) is 6.42 Å². The third-order valence-corrected chi connectivity index (χ3v) is 4.27. The molecule has 0 bridgehead atoms. The fraction of sp³-hybridized carbons (Fsp3) is 0.647. The van der Waals surface area contributed by atoms with Crippen LogP contribution in [0.15, 0.2) is 18.2 Å². The van der Waals surface area contributed by atoms with Crippen molar-refractivity contribution < 1.29 is 4.39 Å². The summed E-state index contributed by atoms with van der Waals surface area (Å²) in [5, 5.41) is 3.48. The third kappa shape index (κ3) is 3.51. The van der Waals surface area contributed by atoms with Gasteiger partial charge >= 0.3 is 0 Å². The lowest BCUT2D eigenvalue weighted by molar-refractivity contribution is 0.284. The van der Waals surface area contributed by atoms with Gasteiger partial charge in [0.2, 0.25) is 0 Å². The van der Waals surface area contributed by atoms with Crippen LogP contribution >= 0.6 is 0 Å². The number of hydrogen-bond acceptors (Lipinski definition) is 2. The Hall–Kier alpha value is -1.09. The van der Waals surface area contributed by atoms with Gasteiger partial charge in [-0.2, -0.15) is 0 Å². The second kappa shape index (κ2) is 6.57. The molecule has 1 aromatic carbocycles. The van der Waals surface area contributed by atoms with Crippen molar-refractivity contribution in [2.24, 2.45) is 5.41 Å². The Labute approximate surface area is 122 Å². The van der Waals surface area contributed by atoms with Gasteiger partial charge in [0.1, 0.15) is 5.82 Å². The summed E-state index contributed by atoms with van der Waals surface area (Å²) in [7, 11) is 0. The molecule has 0 saturated carbocycles. The van der Waals surface area contributed by atoms with Crippen molar-refractivity contribution in [3.05, 3.63) is 29.6 Å². The largest absolute Gasteiger partial charge is 0.370 e. The molecule has 1 N–H and O–H groups in total. The van der Waals surface area contributed by atoms with E-state index in [1.807, 2.05) is 6.07 Å². The maximum Gasteiger partial charge on any atom is 0.125 e. The number of halogens is 1. The Balaban J connectivity index is 2.11. The quantitative estimate of drug-likeness (QED) is 0.819. The highest BCUT2D eigenvalue weighted by molar-refractivity contribution is 5.58. The Morgan fingerprint density at radius 2 is 2.15 bits per heavy atom. The smallest absolute Gasteiger partial charge is 0.125 e. The number of anilines is 1. The molecule has 2 rings (SSSR count). The minimum Gasteiger partial charge on any atom is -0.370 e. The monoisotopic (exact) mass is 278 g/mol. The van der Waals surface area contributed by atoms with E-state index in [9.17, 15) is 4.39 Å². The van der Waals surface area contributed by atoms with Crippen molar-refractivity contribution in [1.29, 1.82) is 0 Å². The Kier molecular flexibility index (Phi) is 5.03. The van der Waals surface area contributed by atoms with Crippen LogP contribution in [0.1, 0.15) is 39.2 Å². The normalized spacial score (nSPS) is 17.1. The van der Waals surface area contributed by atoms with Crippen molar-refractivity contribution in [2.75, 3.05) is 31.1 Å². The molecule has 0 spiro atoms. The van der Waals surface area contributed by atoms with Crippen LogP contribution < -0.4 is 10.2 Å². The van der Waals surface area contributed by atoms with E-state index < -0.39 is 0 Å². The van der Waals surface area contributed by atoms with Gasteiger partial charge in [-0.25, -0.2) is 4.39 Å². The Bertz CT molecular complexity index is 447. The average Bonchev–Trinajstić information content (AvgIpc) is 2.79. The summed E-state index contributed by atoms with van der Waals surface area (Å²) < 4.78 is 13.5. The summed E-state index contributed by atoms with van der Waals surface area (Å²) in [5.41, 5.74) is 2.64. The van der Waals surface area contributed by atoms with Crippen molar-refractivity contribution in [3.8, 4) is 0 Å². The van der Waals surface area contributed by atoms with Gasteiger partial charge < -0.3 is 10.2 Å². The molecule has 0 radical (unpaired) electrons. The first kappa shape index (κ1) is 15.3. The van der Waals surface area contributed by atoms with Crippen LogP contribution in [0, 0.1) is 11.2 Å². The number of hydrogen-bond donors (Lipinski definition) is 1. The van der Waals surface area contributed by atoms with E-state index in [2.05, 4.69) is 31.0 Å². The molecule has 1 heterocycles. The van der Waals surface area contributed by atoms with Crippen molar-refractivity contribution >= 4 is 5.69 Å². The van der Waals surface area contributed by atoms with Crippen LogP contribution in [0.2, 0.25) is 0 Å². The van der Waals surface area contributed by atoms with Gasteiger partial charge in [0.05, 0.1) is 0 Å². The van der Waals surface area contributed by atoms with Crippen LogP contribution in [0.3, 0.4) is 0 Å². The second-order valence-electron chi connectivity index (χ2n) is 6.29. The molecule has 0 saturated heterocycles. The number of rotatable bonds is 7. The topological polar surface area (TPSA) is 15.3 Å². The summed E-state index contributed by atoms with van der Waals surface area (Å²) >= 11 is 0. The molecule has 0 aliphatic carbocycles. The molecule has 1 unspecified atom stereocenters. The number of nitrogens with one attached hydrogen (secondary N) is 1. The van der Waals surface area contributed by atoms with E-state index in [0.29, 0.717) is 0 Å². The fourth-order valence-electron chi connectivity index (χ4n) is 3.30. The molecule has 0 fully saturated rings. The summed E-state index contributed by atoms with van der Waals surface area (Å²) in [5.74, 6) is -0.125. The zero-order valence-electron chi connectivity index (χ0n) is 13.0. The maximum atomic E-state index is 13.5. The predicted octanol–water partition coefficient (Wildman–Crippen LogP) is 3.60. The fourth-order valence-corrected chi connectivity index (χ4v) is 3.30. The Morgan fingerprint density at radius 3 is 2.85 bits per heavy atom. The molecule has 20 heavy (non-hydrogen) atoms. The van der Waals surface area contributed by atoms with Crippen LogP contribution in [-0.4, -0.2) is 26.2 Å². The summed E-state index contributed by atoms with van der Waals surface area (Å²) in [4.78, 5) is 2.37. The minimum absolute atomic E-state index is 0.125. The van der Waals surface area contributed by atoms with Gasteiger partial charge in [0.25, 0.3) is 0 Å². The average molecular weight is 278 g/mol. The van der Waals surface area contributed by atoms with E-state index in [1.54, 1.807) is 12.1 Å². The van der Waals surface area contributed by atoms with Crippen molar-refractivity contribution in [1.82, 2.24) is 5.32 Å². The van der Waals surface area contributed by atoms with Crippen molar-refractivity contribution in [2.45, 2.75) is 40.0 Å². The molecule has 1 aliphatic rings. The van der Waals surface area contributed by atoms with Gasteiger partial charge in [-0.15, -0.1) is 0 Å². The summed E-state index contributed by atoms with van der Waals surface area (Å²) in [6.07, 6.45) is 3.42. The van der Waals surface area contributed by atoms with Gasteiger partial charge in [0.15, 0.2) is 0 Å². The van der Waals surface area contributed by atoms with E-state index in [4.69, 9.17) is 0 Å². The number of nitrogens with zero attached hydrogens (tertiary/aromatic N) is 1. The summed E-state index contributed by atoms with van der Waals surface area (Å²) in [6.45, 7) is 10.8. The first-order valence-electron chi connectivity index (χ1n) is 7.82. The molecule has 1 atom stereocenters. The minimum atomic E-state index is -0.125. The molecule has 2 nitrogen and oxygen atoms in total. The number of benzene rings is 1. The van der Waals surface area contributed by atoms with E-state index in [0.717, 1.165) is 38.3 Å². The summed E-state index contributed by atoms with van der Waals surface area (Å²) in [6, 6.07) is 5.21. The second-order valence-corrected chi connectivity index (χ2v) is 6.29. The van der Waals surface area contributed by atoms with E-state index in [1.165, 1.54) is 18.4 Å². The van der Waals surface area contributed by atoms with E-state index in [-0.39, 0.29) is 11.2 Å². The lowest BCUT2D eigenvalue weighted by atomic mass is 9.84. The molecule has 0 amide bonds. The highest BCUT2D eigenvalue weighted by atomic mass is 19.1. The first-order valence-corrected chi connectivity index (χ1v) is 7.82. The van der Waals surface area contributed by atoms with Gasteiger partial charge in [-0.1, -0.05) is 33.3 Å². The van der Waals surface area contributed by atoms with Gasteiger partial charge in [-0.05, 0) is 42.5 Å². The van der Waals surface area contributed by atoms with Gasteiger partial charge in [-0.3, -0.25) is 0 Å². The standard InChI is InChI=1S/C17H27FN2/c1-4-9-17(3,12-19-5-2)13-20-10-8-14-6-7-15(18)11-16(14)20/h6-7,11,19H,4-5,8-10,12-13H2,1-3H3. The molecular formula is C17H27FN2. The SMILES string of the molecule is CCCC(C)(CNCC)CN1CCc2ccc(F)cc21. The lowest BCUT2D eigenvalue weighted by Crippen LogP contribution is -2.42. The predicted molar refractivity (Wildman–Crippen MR) is 83.9 cm³/mol. The molecular weight excluding hydrogens is 251 g/mol. The van der Waals surface area contributed by atoms with E-state index >= 15 is 0 Å². The van der Waals surface area contributed by atoms with Crippen LogP contribution in [0.4, 0.5) is 10.1 Å². The van der Waals surface area contributed by atoms with Crippen LogP contribution in [0.25, 0.3) is 0 Å². The molecule has 0 aromatic heterocycles. The van der Waals surface area contributed by atoms with Crippen molar-refractivity contribution in [3.63, 3.8) is 0 Å². The molecule has 112 valence electrons. The van der Waals surface area contributed by atoms with Crippen LogP contribution in [0.5, 0.6) is 0 Å². The number of fused-ring (bicyclic) bond motifs is 1. The zero-order chi connectivity index (χ0) is 14.6.